The van der Waals surface area contributed by atoms with Crippen molar-refractivity contribution in [2.45, 2.75) is 0 Å². The second-order valence-electron chi connectivity index (χ2n) is 1.85. The molecule has 55 valence electrons. The Labute approximate surface area is 114 Å². The number of para-hydroxylation sites is 1. The van der Waals surface area contributed by atoms with Gasteiger partial charge in [0, 0.05) is 57.3 Å². The molecule has 2 nitrogen and oxygen atoms in total. The third-order valence-electron chi connectivity index (χ3n) is 1.07. The first kappa shape index (κ1) is 11.9. The van der Waals surface area contributed by atoms with Gasteiger partial charge in [0.2, 0.25) is 0 Å². The summed E-state index contributed by atoms with van der Waals surface area (Å²) in [7, 11) is 0. The molecule has 0 aliphatic rings. The summed E-state index contributed by atoms with van der Waals surface area (Å²) in [5, 5.41) is 0. The Hall–Kier alpha value is -0.114. The molecule has 0 amide bonds. The maximum absolute atomic E-state index is 10.5. The number of hydrogen-bond donors (Lipinski definition) is 0. The largest absolute Gasteiger partial charge is 0.417 e. The van der Waals surface area contributed by atoms with Crippen molar-refractivity contribution in [3.63, 3.8) is 0 Å². The van der Waals surface area contributed by atoms with Gasteiger partial charge in [0.1, 0.15) is 5.75 Å². The Bertz CT molecular complexity index is 287. The molecule has 1 radical (unpaired) electrons. The quantitative estimate of drug-likeness (QED) is 0.213. The van der Waals surface area contributed by atoms with E-state index in [0.717, 1.165) is 0 Å². The van der Waals surface area contributed by atoms with Crippen molar-refractivity contribution in [3.05, 3.63) is 30.3 Å². The van der Waals surface area contributed by atoms with Crippen molar-refractivity contribution >= 4 is 57.4 Å². The van der Waals surface area contributed by atoms with Crippen molar-refractivity contribution in [2.24, 2.45) is 0 Å². The minimum atomic E-state index is -0.670. The van der Waals surface area contributed by atoms with Crippen LogP contribution in [0, 0.1) is 12.3 Å². The van der Waals surface area contributed by atoms with Gasteiger partial charge in [-0.25, -0.2) is 4.79 Å². The summed E-state index contributed by atoms with van der Waals surface area (Å²) in [6.07, 6.45) is 4.80. The molecule has 0 aliphatic heterocycles. The molecule has 0 aromatic heterocycles. The fourth-order valence-electron chi connectivity index (χ4n) is 0.625. The number of benzene rings is 1. The van der Waals surface area contributed by atoms with Gasteiger partial charge in [-0.1, -0.05) is 18.2 Å². The topological polar surface area (TPSA) is 26.3 Å². The van der Waals surface area contributed by atoms with E-state index >= 15 is 0 Å². The van der Waals surface area contributed by atoms with Crippen LogP contribution in [0.15, 0.2) is 30.3 Å². The second-order valence-corrected chi connectivity index (χ2v) is 1.85. The predicted octanol–water partition coefficient (Wildman–Crippen LogP) is 0.844. The van der Waals surface area contributed by atoms with Gasteiger partial charge in [-0.05, 0) is 12.1 Å². The molecule has 0 heterocycles. The zero-order valence-corrected chi connectivity index (χ0v) is 9.90. The van der Waals surface area contributed by atoms with Gasteiger partial charge in [0.05, 0.1) is 0 Å². The van der Waals surface area contributed by atoms with E-state index in [0.29, 0.717) is 5.75 Å². The van der Waals surface area contributed by atoms with Gasteiger partial charge in [0.15, 0.2) is 0 Å². The van der Waals surface area contributed by atoms with E-state index in [4.69, 9.17) is 6.42 Å². The van der Waals surface area contributed by atoms with E-state index in [1.807, 2.05) is 12.0 Å². The summed E-state index contributed by atoms with van der Waals surface area (Å²) in [6.45, 7) is 0. The van der Waals surface area contributed by atoms with Crippen LogP contribution in [0.25, 0.3) is 0 Å². The Morgan fingerprint density at radius 3 is 2.42 bits per heavy atom. The smallest absolute Gasteiger partial charge is 0.389 e. The van der Waals surface area contributed by atoms with E-state index in [9.17, 15) is 4.79 Å². The molecule has 0 saturated heterocycles. The third kappa shape index (κ3) is 4.05. The van der Waals surface area contributed by atoms with Crippen LogP contribution in [0.1, 0.15) is 0 Å². The van der Waals surface area contributed by atoms with Crippen molar-refractivity contribution in [1.82, 2.24) is 0 Å². The molecule has 1 aromatic rings. The molecule has 0 N–H and O–H groups in total. The van der Waals surface area contributed by atoms with Crippen LogP contribution >= 0.6 is 0 Å². The molecule has 12 heavy (non-hydrogen) atoms. The molecule has 0 aliphatic carbocycles. The summed E-state index contributed by atoms with van der Waals surface area (Å²) in [5.74, 6) is 1.65. The van der Waals surface area contributed by atoms with Crippen molar-refractivity contribution in [3.8, 4) is 18.1 Å². The van der Waals surface area contributed by atoms with E-state index < -0.39 is 5.97 Å². The average molecular weight is 185 g/mol. The summed E-state index contributed by atoms with van der Waals surface area (Å²) in [5.41, 5.74) is 0. The summed E-state index contributed by atoms with van der Waals surface area (Å²) >= 11 is 0. The molecule has 0 fully saturated rings. The molecule has 0 saturated carbocycles. The van der Waals surface area contributed by atoms with Crippen molar-refractivity contribution in [1.29, 1.82) is 0 Å². The zero-order chi connectivity index (χ0) is 8.10. The molecule has 0 unspecified atom stereocenters. The van der Waals surface area contributed by atoms with Gasteiger partial charge >= 0.3 is 5.97 Å². The molecule has 0 atom stereocenters. The first-order valence-electron chi connectivity index (χ1n) is 3.06. The Kier molecular flexibility index (Phi) is 6.35. The second kappa shape index (κ2) is 6.41. The summed E-state index contributed by atoms with van der Waals surface area (Å²) < 4.78 is 4.69. The first-order chi connectivity index (χ1) is 5.33. The zero-order valence-electron chi connectivity index (χ0n) is 6.78. The fourth-order valence-corrected chi connectivity index (χ4v) is 0.625. The van der Waals surface area contributed by atoms with Crippen LogP contribution in [-0.2, 0) is 4.79 Å². The Morgan fingerprint density at radius 1 is 1.33 bits per heavy atom. The number of ether oxygens (including phenoxy) is 1. The number of terminal acetylenes is 1. The van der Waals surface area contributed by atoms with E-state index in [1.165, 1.54) is 0 Å². The third-order valence-corrected chi connectivity index (χ3v) is 1.07. The van der Waals surface area contributed by atoms with Gasteiger partial charge in [-0.3, -0.25) is 0 Å². The van der Waals surface area contributed by atoms with Crippen LogP contribution in [0.2, 0.25) is 0 Å². The number of carbonyl (C=O) groups is 1. The molecular formula is C9H6KO2. The standard InChI is InChI=1S/C9H6O2.K/c1-2-9(10)11-8-6-4-3-5-7-8;/h1,3-7H;. The molecule has 3 heteroatoms. The van der Waals surface area contributed by atoms with Crippen LogP contribution < -0.4 is 4.74 Å². The molecule has 0 spiro atoms. The summed E-state index contributed by atoms with van der Waals surface area (Å²) in [6, 6.07) is 8.68. The normalized spacial score (nSPS) is 7.58. The van der Waals surface area contributed by atoms with Gasteiger partial charge in [-0.2, -0.15) is 0 Å². The SMILES string of the molecule is C#CC(=O)Oc1ccccc1.[K]. The van der Waals surface area contributed by atoms with Crippen LogP contribution in [0.3, 0.4) is 0 Å². The van der Waals surface area contributed by atoms with Crippen molar-refractivity contribution < 1.29 is 9.53 Å². The Morgan fingerprint density at radius 2 is 1.92 bits per heavy atom. The van der Waals surface area contributed by atoms with Crippen LogP contribution in [0.4, 0.5) is 0 Å². The maximum Gasteiger partial charge on any atom is 0.389 e. The van der Waals surface area contributed by atoms with Crippen LogP contribution in [-0.4, -0.2) is 57.4 Å². The molecule has 1 rings (SSSR count). The average Bonchev–Trinajstić information content (AvgIpc) is 2.06. The maximum atomic E-state index is 10.5. The molecule has 1 aromatic carbocycles. The van der Waals surface area contributed by atoms with Gasteiger partial charge < -0.3 is 4.74 Å². The van der Waals surface area contributed by atoms with Gasteiger partial charge in [0.25, 0.3) is 0 Å². The van der Waals surface area contributed by atoms with E-state index in [-0.39, 0.29) is 51.4 Å². The number of esters is 1. The number of hydrogen-bond acceptors (Lipinski definition) is 2. The van der Waals surface area contributed by atoms with E-state index in [2.05, 4.69) is 4.74 Å². The Balaban J connectivity index is 0.00000121. The van der Waals surface area contributed by atoms with E-state index in [1.54, 1.807) is 24.3 Å². The summed E-state index contributed by atoms with van der Waals surface area (Å²) in [4.78, 5) is 10.5. The number of carbonyl (C=O) groups excluding carboxylic acids is 1. The number of rotatable bonds is 1. The monoisotopic (exact) mass is 185 g/mol. The van der Waals surface area contributed by atoms with Crippen LogP contribution in [0.5, 0.6) is 5.75 Å². The molecule has 0 bridgehead atoms. The fraction of sp³-hybridized carbons (Fsp3) is 0. The van der Waals surface area contributed by atoms with Crippen molar-refractivity contribution in [2.75, 3.05) is 0 Å². The molecular weight excluding hydrogens is 179 g/mol. The minimum absolute atomic E-state index is 0. The predicted molar refractivity (Wildman–Crippen MR) is 46.7 cm³/mol. The first-order valence-corrected chi connectivity index (χ1v) is 3.06. The van der Waals surface area contributed by atoms with Gasteiger partial charge in [-0.15, -0.1) is 6.42 Å². The minimum Gasteiger partial charge on any atom is -0.417 e.